The SMILES string of the molecule is CC(C)C1CCCC(C(C)C)C1N1[CH-]N(C2C(C(C)C)CCCC2C(C)C)C(Cl)=C1Cl.Clc1cccnc1.[Cl][Pd][Cl]. The van der Waals surface area contributed by atoms with Crippen molar-refractivity contribution in [1.82, 2.24) is 14.8 Å². The number of nitrogens with zero attached hydrogens (tertiary/aromatic N) is 3. The zero-order valence-electron chi connectivity index (χ0n) is 26.0. The second-order valence-electron chi connectivity index (χ2n) is 13.2. The first-order valence-electron chi connectivity index (χ1n) is 15.2. The molecule has 0 radical (unpaired) electrons. The molecular formula is C32H51Cl5N3Pd-. The summed E-state index contributed by atoms with van der Waals surface area (Å²) in [6.07, 6.45) is 11.1. The molecule has 9 heteroatoms. The van der Waals surface area contributed by atoms with Crippen LogP contribution in [0.3, 0.4) is 0 Å². The van der Waals surface area contributed by atoms with Gasteiger partial charge in [0.1, 0.15) is 10.3 Å². The molecule has 2 saturated carbocycles. The molecule has 4 unspecified atom stereocenters. The standard InChI is InChI=1S/C27H47Cl2N2.C5H4ClN.2ClH.Pd/c1-16(2)20-11-9-12-21(17(3)4)24(20)30-15-31(27(29)26(30)28)25-22(18(5)6)13-10-14-23(25)19(7)8;6-5-2-1-3-7-4-5;;;/h15-25H,9-14H2,1-8H3;1-4H;2*1H;/q-1;;;;+2/p-2. The summed E-state index contributed by atoms with van der Waals surface area (Å²) in [6, 6.07) is 4.47. The molecular weight excluding hydrogens is 710 g/mol. The molecule has 2 fully saturated rings. The van der Waals surface area contributed by atoms with Gasteiger partial charge in [-0.2, -0.15) is 6.67 Å². The van der Waals surface area contributed by atoms with Crippen molar-refractivity contribution < 1.29 is 15.9 Å². The van der Waals surface area contributed by atoms with E-state index >= 15 is 0 Å². The zero-order valence-corrected chi connectivity index (χ0v) is 31.3. The molecule has 3 nitrogen and oxygen atoms in total. The van der Waals surface area contributed by atoms with Crippen LogP contribution in [0.1, 0.15) is 93.9 Å². The maximum absolute atomic E-state index is 7.07. The van der Waals surface area contributed by atoms with E-state index in [2.05, 4.69) is 76.8 Å². The topological polar surface area (TPSA) is 19.4 Å². The Morgan fingerprint density at radius 3 is 1.27 bits per heavy atom. The molecule has 3 aliphatic rings. The second-order valence-corrected chi connectivity index (χ2v) is 16.7. The molecule has 4 rings (SSSR count). The third kappa shape index (κ3) is 10.3. The summed E-state index contributed by atoms with van der Waals surface area (Å²) in [7, 11) is 9.63. The molecule has 0 spiro atoms. The number of rotatable bonds is 6. The van der Waals surface area contributed by atoms with E-state index in [1.54, 1.807) is 24.5 Å². The Kier molecular flexibility index (Phi) is 17.1. The van der Waals surface area contributed by atoms with E-state index < -0.39 is 0 Å². The molecule has 0 amide bonds. The molecule has 0 saturated heterocycles. The van der Waals surface area contributed by atoms with Gasteiger partial charge in [-0.3, -0.25) is 4.98 Å². The van der Waals surface area contributed by atoms with E-state index in [4.69, 9.17) is 53.9 Å². The summed E-state index contributed by atoms with van der Waals surface area (Å²) < 4.78 is 0. The first kappa shape index (κ1) is 37.8. The zero-order chi connectivity index (χ0) is 30.9. The molecule has 1 aromatic rings. The first-order chi connectivity index (χ1) is 19.4. The number of hydrogen-bond acceptors (Lipinski definition) is 3. The van der Waals surface area contributed by atoms with Gasteiger partial charge in [0.05, 0.1) is 5.02 Å². The van der Waals surface area contributed by atoms with Gasteiger partial charge in [-0.25, -0.2) is 0 Å². The van der Waals surface area contributed by atoms with Crippen LogP contribution in [0.25, 0.3) is 0 Å². The van der Waals surface area contributed by atoms with Crippen LogP contribution in [0.5, 0.6) is 0 Å². The fraction of sp³-hybridized carbons (Fsp3) is 0.750. The normalized spacial score (nSPS) is 28.8. The van der Waals surface area contributed by atoms with Gasteiger partial charge in [0.15, 0.2) is 0 Å². The van der Waals surface area contributed by atoms with Crippen molar-refractivity contribution in [2.45, 2.75) is 106 Å². The monoisotopic (exact) mass is 758 g/mol. The van der Waals surface area contributed by atoms with Gasteiger partial charge in [0.25, 0.3) is 0 Å². The molecule has 1 aliphatic heterocycles. The molecule has 0 bridgehead atoms. The van der Waals surface area contributed by atoms with Gasteiger partial charge in [0.2, 0.25) is 0 Å². The Morgan fingerprint density at radius 1 is 0.707 bits per heavy atom. The summed E-state index contributed by atoms with van der Waals surface area (Å²) in [5.41, 5.74) is 0. The summed E-state index contributed by atoms with van der Waals surface area (Å²) >= 11 is 19.5. The number of halogens is 5. The van der Waals surface area contributed by atoms with Gasteiger partial charge in [-0.05, 0) is 85.2 Å². The van der Waals surface area contributed by atoms with Crippen molar-refractivity contribution in [2.24, 2.45) is 47.3 Å². The van der Waals surface area contributed by atoms with Crippen LogP contribution in [0.15, 0.2) is 34.8 Å². The third-order valence-electron chi connectivity index (χ3n) is 9.47. The van der Waals surface area contributed by atoms with Gasteiger partial charge >= 0.3 is 35.0 Å². The molecule has 41 heavy (non-hydrogen) atoms. The first-order valence-corrected chi connectivity index (χ1v) is 20.4. The van der Waals surface area contributed by atoms with E-state index in [1.807, 2.05) is 0 Å². The van der Waals surface area contributed by atoms with Crippen molar-refractivity contribution in [3.63, 3.8) is 0 Å². The van der Waals surface area contributed by atoms with E-state index in [9.17, 15) is 0 Å². The fourth-order valence-corrected chi connectivity index (χ4v) is 8.08. The second kappa shape index (κ2) is 18.5. The molecule has 2 heterocycles. The quantitative estimate of drug-likeness (QED) is 0.164. The van der Waals surface area contributed by atoms with Gasteiger partial charge in [0, 0.05) is 24.5 Å². The molecule has 1 aromatic heterocycles. The summed E-state index contributed by atoms with van der Waals surface area (Å²) in [5.74, 6) is 5.23. The molecule has 4 atom stereocenters. The Balaban J connectivity index is 0.000000498. The molecule has 0 aromatic carbocycles. The van der Waals surface area contributed by atoms with Gasteiger partial charge in [-0.15, -0.1) is 0 Å². The van der Waals surface area contributed by atoms with E-state index in [0.29, 0.717) is 64.4 Å². The Hall–Kier alpha value is 0.602. The van der Waals surface area contributed by atoms with E-state index in [-0.39, 0.29) is 15.9 Å². The van der Waals surface area contributed by atoms with Crippen LogP contribution in [0.2, 0.25) is 5.02 Å². The third-order valence-corrected chi connectivity index (χ3v) is 10.5. The number of hydrogen-bond donors (Lipinski definition) is 0. The van der Waals surface area contributed by atoms with Crippen molar-refractivity contribution in [3.8, 4) is 0 Å². The Labute approximate surface area is 282 Å². The van der Waals surface area contributed by atoms with E-state index in [1.165, 1.54) is 38.5 Å². The van der Waals surface area contributed by atoms with Gasteiger partial charge in [-0.1, -0.05) is 103 Å². The van der Waals surface area contributed by atoms with Crippen LogP contribution in [0, 0.1) is 54.0 Å². The van der Waals surface area contributed by atoms with Crippen molar-refractivity contribution in [2.75, 3.05) is 0 Å². The van der Waals surface area contributed by atoms with Crippen molar-refractivity contribution >= 4 is 53.9 Å². The van der Waals surface area contributed by atoms with E-state index in [0.717, 1.165) is 10.3 Å². The molecule has 240 valence electrons. The average Bonchev–Trinajstić information content (AvgIpc) is 3.22. The summed E-state index contributed by atoms with van der Waals surface area (Å²) in [4.78, 5) is 8.56. The predicted octanol–water partition coefficient (Wildman–Crippen LogP) is 11.6. The minimum absolute atomic E-state index is 0.106. The summed E-state index contributed by atoms with van der Waals surface area (Å²) in [5, 5.41) is 2.21. The minimum atomic E-state index is -0.106. The van der Waals surface area contributed by atoms with Crippen LogP contribution >= 0.6 is 53.9 Å². The maximum atomic E-state index is 7.07. The fourth-order valence-electron chi connectivity index (χ4n) is 7.44. The Bertz CT molecular complexity index is 830. The number of pyridine rings is 1. The van der Waals surface area contributed by atoms with Crippen LogP contribution < -0.4 is 0 Å². The Morgan fingerprint density at radius 2 is 1.05 bits per heavy atom. The van der Waals surface area contributed by atoms with Crippen LogP contribution in [0.4, 0.5) is 0 Å². The molecule has 2 aliphatic carbocycles. The van der Waals surface area contributed by atoms with Gasteiger partial charge < -0.3 is 9.80 Å². The average molecular weight is 761 g/mol. The summed E-state index contributed by atoms with van der Waals surface area (Å²) in [6.45, 7) is 21.4. The predicted molar refractivity (Wildman–Crippen MR) is 176 cm³/mol. The van der Waals surface area contributed by atoms with Crippen molar-refractivity contribution in [3.05, 3.63) is 46.5 Å². The van der Waals surface area contributed by atoms with Crippen LogP contribution in [-0.2, 0) is 15.9 Å². The number of aromatic nitrogens is 1. The van der Waals surface area contributed by atoms with Crippen molar-refractivity contribution in [1.29, 1.82) is 0 Å². The van der Waals surface area contributed by atoms with Crippen LogP contribution in [-0.4, -0.2) is 26.9 Å². The molecule has 0 N–H and O–H groups in total.